The number of halogens is 2. The van der Waals surface area contributed by atoms with Crippen LogP contribution >= 0.6 is 31.9 Å². The Kier molecular flexibility index (Phi) is 2.74. The number of ketones is 1. The molecule has 0 saturated heterocycles. The molecule has 14 heavy (non-hydrogen) atoms. The highest BCUT2D eigenvalue weighted by Gasteiger charge is 2.09. The second-order valence-corrected chi connectivity index (χ2v) is 4.27. The summed E-state index contributed by atoms with van der Waals surface area (Å²) in [6.07, 6.45) is 1.61. The number of benzene rings is 1. The smallest absolute Gasteiger partial charge is 0.173 e. The van der Waals surface area contributed by atoms with E-state index < -0.39 is 0 Å². The van der Waals surface area contributed by atoms with Gasteiger partial charge in [-0.25, -0.2) is 0 Å². The second-order valence-electron chi connectivity index (χ2n) is 2.85. The minimum Gasteiger partial charge on any atom is -0.463 e. The molecule has 0 fully saturated rings. The maximum absolute atomic E-state index is 11.4. The number of hydrogen-bond acceptors (Lipinski definition) is 2. The molecule has 0 saturated carbocycles. The van der Waals surface area contributed by atoms with Gasteiger partial charge in [0.2, 0.25) is 0 Å². The van der Waals surface area contributed by atoms with Gasteiger partial charge in [0, 0.05) is 10.9 Å². The zero-order chi connectivity index (χ0) is 10.1. The first kappa shape index (κ1) is 9.93. The lowest BCUT2D eigenvalue weighted by atomic mass is 10.1. The van der Waals surface area contributed by atoms with E-state index in [9.17, 15) is 4.79 Å². The lowest BCUT2D eigenvalue weighted by molar-refractivity contribution is 0.102. The highest BCUT2D eigenvalue weighted by molar-refractivity contribution is 9.10. The van der Waals surface area contributed by atoms with Crippen LogP contribution in [0.15, 0.2) is 33.4 Å². The van der Waals surface area contributed by atoms with Crippen LogP contribution in [0.2, 0.25) is 0 Å². The molecular formula is C10H6Br2O2. The summed E-state index contributed by atoms with van der Waals surface area (Å²) in [6.45, 7) is 0. The number of alkyl halides is 1. The molecule has 0 N–H and O–H groups in total. The first-order valence-electron chi connectivity index (χ1n) is 3.98. The molecule has 0 unspecified atom stereocenters. The first-order chi connectivity index (χ1) is 6.72. The Morgan fingerprint density at radius 1 is 1.43 bits per heavy atom. The Morgan fingerprint density at radius 3 is 2.93 bits per heavy atom. The summed E-state index contributed by atoms with van der Waals surface area (Å²) in [7, 11) is 0. The van der Waals surface area contributed by atoms with Crippen LogP contribution in [0.4, 0.5) is 0 Å². The Balaban J connectivity index is 2.64. The van der Waals surface area contributed by atoms with Gasteiger partial charge in [0.15, 0.2) is 5.78 Å². The quantitative estimate of drug-likeness (QED) is 0.623. The van der Waals surface area contributed by atoms with Crippen molar-refractivity contribution in [3.63, 3.8) is 0 Å². The predicted octanol–water partition coefficient (Wildman–Crippen LogP) is 3.77. The summed E-state index contributed by atoms with van der Waals surface area (Å²) in [5, 5.41) is 1.27. The summed E-state index contributed by atoms with van der Waals surface area (Å²) < 4.78 is 6.06. The van der Waals surface area contributed by atoms with E-state index in [1.54, 1.807) is 12.3 Å². The molecule has 0 atom stereocenters. The van der Waals surface area contributed by atoms with Crippen molar-refractivity contribution in [1.82, 2.24) is 0 Å². The van der Waals surface area contributed by atoms with Crippen molar-refractivity contribution in [2.24, 2.45) is 0 Å². The predicted molar refractivity (Wildman–Crippen MR) is 62.0 cm³/mol. The molecule has 0 spiro atoms. The number of Topliss-reactive ketones (excluding diaryl/α,β-unsaturated/α-hetero) is 1. The maximum atomic E-state index is 11.4. The molecular weight excluding hydrogens is 312 g/mol. The maximum Gasteiger partial charge on any atom is 0.173 e. The van der Waals surface area contributed by atoms with Crippen molar-refractivity contribution >= 4 is 48.6 Å². The summed E-state index contributed by atoms with van der Waals surface area (Å²) in [4.78, 5) is 11.4. The van der Waals surface area contributed by atoms with Gasteiger partial charge in [0.05, 0.1) is 16.1 Å². The summed E-state index contributed by atoms with van der Waals surface area (Å²) in [5.74, 6) is 0.0637. The van der Waals surface area contributed by atoms with Crippen LogP contribution in [-0.2, 0) is 0 Å². The molecule has 2 nitrogen and oxygen atoms in total. The van der Waals surface area contributed by atoms with Crippen molar-refractivity contribution in [2.45, 2.75) is 0 Å². The highest BCUT2D eigenvalue weighted by Crippen LogP contribution is 2.27. The Hall–Kier alpha value is -0.610. The van der Waals surface area contributed by atoms with Gasteiger partial charge in [-0.1, -0.05) is 15.9 Å². The van der Waals surface area contributed by atoms with Gasteiger partial charge < -0.3 is 4.42 Å². The molecule has 0 aliphatic rings. The van der Waals surface area contributed by atoms with E-state index in [0.717, 1.165) is 15.4 Å². The monoisotopic (exact) mass is 316 g/mol. The number of furan rings is 1. The lowest BCUT2D eigenvalue weighted by Crippen LogP contribution is -1.99. The number of hydrogen-bond donors (Lipinski definition) is 0. The minimum absolute atomic E-state index is 0.0637. The van der Waals surface area contributed by atoms with Gasteiger partial charge in [-0.3, -0.25) is 4.79 Å². The third-order valence-electron chi connectivity index (χ3n) is 1.95. The van der Waals surface area contributed by atoms with Crippen molar-refractivity contribution < 1.29 is 9.21 Å². The first-order valence-corrected chi connectivity index (χ1v) is 5.89. The fraction of sp³-hybridized carbons (Fsp3) is 0.100. The molecule has 0 radical (unpaired) electrons. The van der Waals surface area contributed by atoms with Crippen molar-refractivity contribution in [3.8, 4) is 0 Å². The fourth-order valence-electron chi connectivity index (χ4n) is 1.28. The van der Waals surface area contributed by atoms with E-state index in [1.165, 1.54) is 0 Å². The number of rotatable bonds is 2. The Bertz CT molecular complexity index is 488. The molecule has 2 aromatic rings. The molecule has 72 valence electrons. The average Bonchev–Trinajstić information content (AvgIpc) is 2.64. The van der Waals surface area contributed by atoms with Crippen molar-refractivity contribution in [2.75, 3.05) is 5.33 Å². The minimum atomic E-state index is 0.0637. The van der Waals surface area contributed by atoms with Crippen molar-refractivity contribution in [1.29, 1.82) is 0 Å². The van der Waals surface area contributed by atoms with Crippen LogP contribution < -0.4 is 0 Å². The van der Waals surface area contributed by atoms with E-state index in [-0.39, 0.29) is 5.78 Å². The normalized spacial score (nSPS) is 10.7. The van der Waals surface area contributed by atoms with Gasteiger partial charge in [-0.05, 0) is 34.1 Å². The number of fused-ring (bicyclic) bond motifs is 1. The summed E-state index contributed by atoms with van der Waals surface area (Å²) >= 11 is 6.51. The van der Waals surface area contributed by atoms with E-state index in [1.807, 2.05) is 12.1 Å². The molecule has 0 amide bonds. The zero-order valence-corrected chi connectivity index (χ0v) is 10.3. The molecule has 1 aromatic heterocycles. The highest BCUT2D eigenvalue weighted by atomic mass is 79.9. The van der Waals surface area contributed by atoms with Crippen LogP contribution in [0.5, 0.6) is 0 Å². The Labute approximate surface area is 97.5 Å². The fourth-order valence-corrected chi connectivity index (χ4v) is 2.17. The third kappa shape index (κ3) is 1.64. The summed E-state index contributed by atoms with van der Waals surface area (Å²) in [5.41, 5.74) is 1.46. The molecule has 1 aromatic carbocycles. The zero-order valence-electron chi connectivity index (χ0n) is 7.09. The van der Waals surface area contributed by atoms with Gasteiger partial charge in [-0.2, -0.15) is 0 Å². The van der Waals surface area contributed by atoms with E-state index in [2.05, 4.69) is 31.9 Å². The van der Waals surface area contributed by atoms with Crippen LogP contribution in [0.3, 0.4) is 0 Å². The van der Waals surface area contributed by atoms with E-state index >= 15 is 0 Å². The SMILES string of the molecule is O=C(CBr)c1cc(Br)c2occc2c1. The lowest BCUT2D eigenvalue weighted by Gasteiger charge is -1.99. The molecule has 4 heteroatoms. The van der Waals surface area contributed by atoms with Crippen molar-refractivity contribution in [3.05, 3.63) is 34.5 Å². The summed E-state index contributed by atoms with van der Waals surface area (Å²) in [6, 6.07) is 5.44. The Morgan fingerprint density at radius 2 is 2.21 bits per heavy atom. The van der Waals surface area contributed by atoms with Gasteiger partial charge >= 0.3 is 0 Å². The molecule has 0 aliphatic heterocycles. The van der Waals surface area contributed by atoms with Crippen LogP contribution in [0.25, 0.3) is 11.0 Å². The van der Waals surface area contributed by atoms with Gasteiger partial charge in [0.1, 0.15) is 5.58 Å². The molecule has 1 heterocycles. The topological polar surface area (TPSA) is 30.2 Å². The number of carbonyl (C=O) groups excluding carboxylic acids is 1. The van der Waals surface area contributed by atoms with Gasteiger partial charge in [-0.15, -0.1) is 0 Å². The molecule has 2 rings (SSSR count). The largest absolute Gasteiger partial charge is 0.463 e. The van der Waals surface area contributed by atoms with E-state index in [0.29, 0.717) is 10.9 Å². The van der Waals surface area contributed by atoms with Crippen LogP contribution in [-0.4, -0.2) is 11.1 Å². The third-order valence-corrected chi connectivity index (χ3v) is 3.05. The van der Waals surface area contributed by atoms with Crippen LogP contribution in [0, 0.1) is 0 Å². The standard InChI is InChI=1S/C10H6Br2O2/c11-5-9(13)7-3-6-1-2-14-10(6)8(12)4-7/h1-4H,5H2. The average molecular weight is 318 g/mol. The molecule has 0 aliphatic carbocycles. The number of carbonyl (C=O) groups is 1. The van der Waals surface area contributed by atoms with Gasteiger partial charge in [0.25, 0.3) is 0 Å². The molecule has 0 bridgehead atoms. The second kappa shape index (κ2) is 3.87. The van der Waals surface area contributed by atoms with E-state index in [4.69, 9.17) is 4.42 Å². The van der Waals surface area contributed by atoms with Crippen LogP contribution in [0.1, 0.15) is 10.4 Å².